The maximum atomic E-state index is 4.98. The van der Waals surface area contributed by atoms with Gasteiger partial charge in [-0.2, -0.15) is 0 Å². The second kappa shape index (κ2) is 3.49. The molecule has 0 saturated heterocycles. The lowest BCUT2D eigenvalue weighted by atomic mass is 10.2. The number of H-pyrrole nitrogens is 1. The van der Waals surface area contributed by atoms with Gasteiger partial charge in [-0.25, -0.2) is 0 Å². The average molecular weight is 189 g/mol. The molecule has 1 N–H and O–H groups in total. The fraction of sp³-hybridized carbons (Fsp3) is 0. The van der Waals surface area contributed by atoms with Gasteiger partial charge in [0.25, 0.3) is 0 Å². The van der Waals surface area contributed by atoms with E-state index in [1.807, 2.05) is 18.2 Å². The van der Waals surface area contributed by atoms with Gasteiger partial charge in [0.2, 0.25) is 10.5 Å². The molecule has 0 saturated carbocycles. The summed E-state index contributed by atoms with van der Waals surface area (Å²) in [4.78, 5) is 3.28. The molecule has 0 aliphatic carbocycles. The van der Waals surface area contributed by atoms with E-state index in [1.165, 1.54) is 5.39 Å². The molecule has 0 radical (unpaired) electrons. The van der Waals surface area contributed by atoms with Crippen LogP contribution in [0, 0.1) is 0 Å². The lowest BCUT2D eigenvalue weighted by molar-refractivity contribution is 0.539. The van der Waals surface area contributed by atoms with Crippen molar-refractivity contribution in [2.75, 3.05) is 0 Å². The van der Waals surface area contributed by atoms with Crippen molar-refractivity contribution in [3.63, 3.8) is 0 Å². The van der Waals surface area contributed by atoms with Gasteiger partial charge in [-0.05, 0) is 23.6 Å². The van der Waals surface area contributed by atoms with Crippen molar-refractivity contribution in [2.24, 2.45) is 0 Å². The van der Waals surface area contributed by atoms with Gasteiger partial charge in [0.1, 0.15) is 0 Å². The molecule has 0 aliphatic heterocycles. The van der Waals surface area contributed by atoms with Gasteiger partial charge in [-0.15, -0.1) is 0 Å². The largest absolute Gasteiger partial charge is 0.558 e. The van der Waals surface area contributed by atoms with Crippen LogP contribution in [0.1, 0.15) is 5.69 Å². The Bertz CT molecular complexity index is 400. The molecule has 2 nitrogen and oxygen atoms in total. The summed E-state index contributed by atoms with van der Waals surface area (Å²) in [6.45, 7) is 0. The molecule has 0 unspecified atom stereocenters. The summed E-state index contributed by atoms with van der Waals surface area (Å²) in [5, 5.41) is 1.23. The third kappa shape index (κ3) is 1.65. The second-order valence-corrected chi connectivity index (χ2v) is 3.32. The van der Waals surface area contributed by atoms with Crippen LogP contribution in [0.5, 0.6) is 0 Å². The summed E-state index contributed by atoms with van der Waals surface area (Å²) in [5.41, 5.74) is 2.24. The number of benzene rings is 1. The third-order valence-corrected chi connectivity index (χ3v) is 2.21. The predicted molar refractivity (Wildman–Crippen MR) is 58.4 cm³/mol. The topological polar surface area (TPSA) is 25.0 Å². The highest BCUT2D eigenvalue weighted by atomic mass is 28.2. The van der Waals surface area contributed by atoms with Crippen molar-refractivity contribution < 1.29 is 4.43 Å². The summed E-state index contributed by atoms with van der Waals surface area (Å²) in [6, 6.07) is 10.3. The van der Waals surface area contributed by atoms with Gasteiger partial charge >= 0.3 is 0 Å². The van der Waals surface area contributed by atoms with E-state index < -0.39 is 0 Å². The van der Waals surface area contributed by atoms with E-state index in [1.54, 1.807) is 6.26 Å². The SMILES string of the molecule is [SiH3]OC=Cc1cc2ccccc2[nH]1. The van der Waals surface area contributed by atoms with Gasteiger partial charge in [0, 0.05) is 11.2 Å². The van der Waals surface area contributed by atoms with Crippen LogP contribution in [-0.2, 0) is 4.43 Å². The van der Waals surface area contributed by atoms with Crippen LogP contribution in [0.25, 0.3) is 17.0 Å². The van der Waals surface area contributed by atoms with E-state index in [-0.39, 0.29) is 0 Å². The van der Waals surface area contributed by atoms with Gasteiger partial charge in [0.15, 0.2) is 0 Å². The molecule has 0 bridgehead atoms. The normalized spacial score (nSPS) is 11.4. The molecule has 0 fully saturated rings. The van der Waals surface area contributed by atoms with Crippen LogP contribution < -0.4 is 0 Å². The van der Waals surface area contributed by atoms with Crippen molar-refractivity contribution in [3.05, 3.63) is 42.3 Å². The Morgan fingerprint density at radius 2 is 2.15 bits per heavy atom. The number of hydrogen-bond donors (Lipinski definition) is 1. The predicted octanol–water partition coefficient (Wildman–Crippen LogP) is 1.44. The Kier molecular flexibility index (Phi) is 2.18. The fourth-order valence-corrected chi connectivity index (χ4v) is 1.46. The fourth-order valence-electron chi connectivity index (χ4n) is 1.33. The van der Waals surface area contributed by atoms with Gasteiger partial charge in [0.05, 0.1) is 6.26 Å². The Labute approximate surface area is 79.8 Å². The standard InChI is InChI=1S/C10H11NOSi/c13-12-6-5-9-7-8-3-1-2-4-10(8)11-9/h1-7,11H,13H3. The molecule has 66 valence electrons. The number of nitrogens with one attached hydrogen (secondary N) is 1. The maximum Gasteiger partial charge on any atom is 0.203 e. The molecule has 0 spiro atoms. The molecule has 0 aliphatic rings. The lowest BCUT2D eigenvalue weighted by Gasteiger charge is -1.86. The summed E-state index contributed by atoms with van der Waals surface area (Å²) in [6.07, 6.45) is 3.66. The van der Waals surface area contributed by atoms with E-state index in [0.29, 0.717) is 0 Å². The zero-order chi connectivity index (χ0) is 9.10. The number of para-hydroxylation sites is 1. The van der Waals surface area contributed by atoms with Crippen LogP contribution >= 0.6 is 0 Å². The number of aromatic nitrogens is 1. The number of fused-ring (bicyclic) bond motifs is 1. The first-order chi connectivity index (χ1) is 6.40. The first-order valence-electron chi connectivity index (χ1n) is 4.17. The molecule has 0 amide bonds. The van der Waals surface area contributed by atoms with Crippen LogP contribution in [0.15, 0.2) is 36.6 Å². The molecule has 13 heavy (non-hydrogen) atoms. The van der Waals surface area contributed by atoms with Crippen LogP contribution in [0.3, 0.4) is 0 Å². The molecular formula is C10H11NOSi. The minimum absolute atomic E-state index is 0.740. The smallest absolute Gasteiger partial charge is 0.203 e. The van der Waals surface area contributed by atoms with Crippen LogP contribution in [0.4, 0.5) is 0 Å². The van der Waals surface area contributed by atoms with Gasteiger partial charge < -0.3 is 9.41 Å². The highest BCUT2D eigenvalue weighted by molar-refractivity contribution is 5.98. The zero-order valence-electron chi connectivity index (χ0n) is 7.45. The summed E-state index contributed by atoms with van der Waals surface area (Å²) in [7, 11) is 0.740. The Hall–Kier alpha value is -1.48. The van der Waals surface area contributed by atoms with E-state index >= 15 is 0 Å². The number of aromatic amines is 1. The number of hydrogen-bond acceptors (Lipinski definition) is 1. The molecule has 1 aromatic heterocycles. The molecule has 2 aromatic rings. The first kappa shape index (κ1) is 8.13. The van der Waals surface area contributed by atoms with Crippen LogP contribution in [-0.4, -0.2) is 15.5 Å². The quantitative estimate of drug-likeness (QED) is 0.561. The van der Waals surface area contributed by atoms with E-state index in [0.717, 1.165) is 21.7 Å². The molecule has 1 heterocycles. The monoisotopic (exact) mass is 189 g/mol. The summed E-state index contributed by atoms with van der Waals surface area (Å²) < 4.78 is 4.98. The first-order valence-corrected chi connectivity index (χ1v) is 4.99. The van der Waals surface area contributed by atoms with Crippen molar-refractivity contribution in [1.82, 2.24) is 4.98 Å². The number of rotatable bonds is 2. The van der Waals surface area contributed by atoms with Crippen molar-refractivity contribution in [2.45, 2.75) is 0 Å². The maximum absolute atomic E-state index is 4.98. The van der Waals surface area contributed by atoms with E-state index in [9.17, 15) is 0 Å². The highest BCUT2D eigenvalue weighted by Gasteiger charge is 1.95. The summed E-state index contributed by atoms with van der Waals surface area (Å²) in [5.74, 6) is 0. The van der Waals surface area contributed by atoms with Gasteiger partial charge in [-0.1, -0.05) is 18.2 Å². The molecular weight excluding hydrogens is 178 g/mol. The van der Waals surface area contributed by atoms with E-state index in [4.69, 9.17) is 4.43 Å². The minimum atomic E-state index is 0.740. The molecule has 3 heteroatoms. The van der Waals surface area contributed by atoms with E-state index in [2.05, 4.69) is 23.2 Å². The van der Waals surface area contributed by atoms with Gasteiger partial charge in [-0.3, -0.25) is 0 Å². The highest BCUT2D eigenvalue weighted by Crippen LogP contribution is 2.15. The van der Waals surface area contributed by atoms with Crippen molar-refractivity contribution in [3.8, 4) is 0 Å². The Morgan fingerprint density at radius 1 is 1.31 bits per heavy atom. The average Bonchev–Trinajstić information content (AvgIpc) is 2.57. The van der Waals surface area contributed by atoms with Crippen LogP contribution in [0.2, 0.25) is 0 Å². The second-order valence-electron chi connectivity index (χ2n) is 2.85. The summed E-state index contributed by atoms with van der Waals surface area (Å²) >= 11 is 0. The Balaban J connectivity index is 2.44. The molecule has 1 aromatic carbocycles. The zero-order valence-corrected chi connectivity index (χ0v) is 9.45. The molecule has 2 rings (SSSR count). The minimum Gasteiger partial charge on any atom is -0.558 e. The van der Waals surface area contributed by atoms with Crippen molar-refractivity contribution in [1.29, 1.82) is 0 Å². The molecule has 0 atom stereocenters. The Morgan fingerprint density at radius 3 is 2.92 bits per heavy atom. The van der Waals surface area contributed by atoms with Crippen molar-refractivity contribution >= 4 is 27.5 Å². The third-order valence-electron chi connectivity index (χ3n) is 1.93. The lowest BCUT2D eigenvalue weighted by Crippen LogP contribution is -1.71.